The van der Waals surface area contributed by atoms with E-state index in [4.69, 9.17) is 10.1 Å². The zero-order valence-electron chi connectivity index (χ0n) is 13.5. The molecule has 1 amide bonds. The Hall–Kier alpha value is -2.98. The molecule has 0 saturated heterocycles. The second kappa shape index (κ2) is 6.26. The molecule has 1 N–H and O–H groups in total. The number of amides is 1. The molecule has 24 heavy (non-hydrogen) atoms. The van der Waals surface area contributed by atoms with E-state index in [2.05, 4.69) is 11.2 Å². The van der Waals surface area contributed by atoms with E-state index in [0.29, 0.717) is 36.6 Å². The zero-order chi connectivity index (χ0) is 17.3. The summed E-state index contributed by atoms with van der Waals surface area (Å²) >= 11 is 0. The number of nitrogens with one attached hydrogen (secondary N) is 1. The number of benzene rings is 1. The molecule has 2 aromatic rings. The summed E-state index contributed by atoms with van der Waals surface area (Å²) in [6, 6.07) is 9.24. The van der Waals surface area contributed by atoms with E-state index in [1.54, 1.807) is 31.3 Å². The van der Waals surface area contributed by atoms with Crippen LogP contribution >= 0.6 is 0 Å². The van der Waals surface area contributed by atoms with Crippen LogP contribution in [0.2, 0.25) is 0 Å². The smallest absolute Gasteiger partial charge is 0.223 e. The first-order valence-corrected chi connectivity index (χ1v) is 7.55. The molecule has 0 fully saturated rings. The van der Waals surface area contributed by atoms with Crippen LogP contribution < -0.4 is 10.4 Å². The largest absolute Gasteiger partial charge is 0.375 e. The molecule has 0 radical (unpaired) electrons. The maximum absolute atomic E-state index is 11.4. The number of hydrogen-bond donors (Lipinski definition) is 1. The van der Waals surface area contributed by atoms with Crippen LogP contribution in [0.25, 0.3) is 5.69 Å². The quantitative estimate of drug-likeness (QED) is 0.900. The summed E-state index contributed by atoms with van der Waals surface area (Å²) in [5.41, 5.74) is 3.31. The van der Waals surface area contributed by atoms with Crippen molar-refractivity contribution in [2.75, 3.05) is 18.6 Å². The molecule has 0 bridgehead atoms. The Kier molecular flexibility index (Phi) is 4.15. The number of nitriles is 1. The summed E-state index contributed by atoms with van der Waals surface area (Å²) in [6.07, 6.45) is 0.598. The fourth-order valence-electron chi connectivity index (χ4n) is 2.66. The Balaban J connectivity index is 2.09. The summed E-state index contributed by atoms with van der Waals surface area (Å²) in [5.74, 6) is -0.0626. The molecule has 0 atom stereocenters. The lowest BCUT2D eigenvalue weighted by molar-refractivity contribution is -0.116. The number of anilines is 1. The van der Waals surface area contributed by atoms with Crippen LogP contribution in [0.1, 0.15) is 23.7 Å². The van der Waals surface area contributed by atoms with Crippen molar-refractivity contribution >= 4 is 11.6 Å². The molecule has 0 unspecified atom stereocenters. The predicted octanol–water partition coefficient (Wildman–Crippen LogP) is 1.28. The Morgan fingerprint density at radius 3 is 2.75 bits per heavy atom. The van der Waals surface area contributed by atoms with E-state index in [9.17, 15) is 10.1 Å². The number of carbonyl (C=O) groups excluding carboxylic acids is 1. The summed E-state index contributed by atoms with van der Waals surface area (Å²) in [5, 5.41) is 22.2. The van der Waals surface area contributed by atoms with Gasteiger partial charge in [0.25, 0.3) is 0 Å². The molecule has 122 valence electrons. The van der Waals surface area contributed by atoms with Crippen LogP contribution in [-0.4, -0.2) is 29.3 Å². The average Bonchev–Trinajstić information content (AvgIpc) is 2.60. The van der Waals surface area contributed by atoms with Crippen molar-refractivity contribution in [3.05, 3.63) is 46.6 Å². The summed E-state index contributed by atoms with van der Waals surface area (Å²) in [4.78, 5) is 13.0. The lowest BCUT2D eigenvalue weighted by Crippen LogP contribution is -2.30. The van der Waals surface area contributed by atoms with E-state index in [1.165, 1.54) is 16.5 Å². The number of aromatic nitrogens is 2. The molecule has 1 aliphatic rings. The third-order valence-electron chi connectivity index (χ3n) is 4.12. The molecular weight excluding hydrogens is 306 g/mol. The second-order valence-electron chi connectivity index (χ2n) is 5.57. The molecule has 7 nitrogen and oxygen atoms in total. The van der Waals surface area contributed by atoms with Crippen LogP contribution in [-0.2, 0) is 22.6 Å². The number of rotatable bonds is 2. The standard InChI is InChI=1S/C17H17N5O2/c1-11(23)21(2)12-3-5-13(6-4-12)22-17(19)15(9-18)14-7-8-24-10-16(14)20-22/h3-6,19H,7-8,10H2,1-2H3. The normalized spacial score (nSPS) is 13.0. The Labute approximate surface area is 139 Å². The SMILES string of the molecule is CC(=O)N(C)c1ccc(-n2nc3c(c(C#N)c2=N)CCOC3)cc1. The fraction of sp³-hybridized carbons (Fsp3) is 0.294. The third-order valence-corrected chi connectivity index (χ3v) is 4.12. The van der Waals surface area contributed by atoms with Gasteiger partial charge >= 0.3 is 0 Å². The topological polar surface area (TPSA) is 95.0 Å². The van der Waals surface area contributed by atoms with Crippen LogP contribution in [0.3, 0.4) is 0 Å². The molecule has 7 heteroatoms. The lowest BCUT2D eigenvalue weighted by Gasteiger charge is -2.19. The van der Waals surface area contributed by atoms with Gasteiger partial charge in [0, 0.05) is 25.2 Å². The average molecular weight is 323 g/mol. The minimum Gasteiger partial charge on any atom is -0.375 e. The van der Waals surface area contributed by atoms with Crippen LogP contribution in [0.15, 0.2) is 24.3 Å². The zero-order valence-corrected chi connectivity index (χ0v) is 13.5. The van der Waals surface area contributed by atoms with Crippen LogP contribution in [0.4, 0.5) is 5.69 Å². The van der Waals surface area contributed by atoms with Gasteiger partial charge in [-0.2, -0.15) is 10.4 Å². The van der Waals surface area contributed by atoms with E-state index in [0.717, 1.165) is 11.3 Å². The number of carbonyl (C=O) groups is 1. The van der Waals surface area contributed by atoms with Crippen molar-refractivity contribution in [2.45, 2.75) is 20.0 Å². The number of hydrogen-bond acceptors (Lipinski definition) is 5. The number of ether oxygens (including phenoxy) is 1. The van der Waals surface area contributed by atoms with Gasteiger partial charge in [0.05, 0.1) is 24.6 Å². The first-order chi connectivity index (χ1) is 11.5. The van der Waals surface area contributed by atoms with Crippen molar-refractivity contribution in [1.82, 2.24) is 9.78 Å². The van der Waals surface area contributed by atoms with Gasteiger partial charge in [-0.05, 0) is 30.7 Å². The Bertz CT molecular complexity index is 893. The summed E-state index contributed by atoms with van der Waals surface area (Å²) in [6.45, 7) is 2.38. The summed E-state index contributed by atoms with van der Waals surface area (Å²) < 4.78 is 6.85. The van der Waals surface area contributed by atoms with E-state index >= 15 is 0 Å². The van der Waals surface area contributed by atoms with Crippen molar-refractivity contribution in [3.63, 3.8) is 0 Å². The van der Waals surface area contributed by atoms with Crippen molar-refractivity contribution in [1.29, 1.82) is 10.7 Å². The van der Waals surface area contributed by atoms with Gasteiger partial charge < -0.3 is 9.64 Å². The predicted molar refractivity (Wildman–Crippen MR) is 86.6 cm³/mol. The molecule has 3 rings (SSSR count). The van der Waals surface area contributed by atoms with Gasteiger partial charge in [-0.25, -0.2) is 4.68 Å². The van der Waals surface area contributed by atoms with Gasteiger partial charge in [0.15, 0.2) is 5.49 Å². The number of fused-ring (bicyclic) bond motifs is 1. The van der Waals surface area contributed by atoms with Gasteiger partial charge in [-0.1, -0.05) is 0 Å². The molecular formula is C17H17N5O2. The van der Waals surface area contributed by atoms with Gasteiger partial charge in [-0.3, -0.25) is 10.2 Å². The van der Waals surface area contributed by atoms with Gasteiger partial charge in [0.2, 0.25) is 5.91 Å². The van der Waals surface area contributed by atoms with E-state index < -0.39 is 0 Å². The minimum atomic E-state index is -0.0626. The molecule has 1 aromatic carbocycles. The highest BCUT2D eigenvalue weighted by atomic mass is 16.5. The molecule has 2 heterocycles. The minimum absolute atomic E-state index is 0.0609. The fourth-order valence-corrected chi connectivity index (χ4v) is 2.66. The molecule has 0 saturated carbocycles. The Morgan fingerprint density at radius 2 is 2.12 bits per heavy atom. The first kappa shape index (κ1) is 15.9. The monoisotopic (exact) mass is 323 g/mol. The van der Waals surface area contributed by atoms with Crippen LogP contribution in [0.5, 0.6) is 0 Å². The highest BCUT2D eigenvalue weighted by Crippen LogP contribution is 2.19. The maximum atomic E-state index is 11.4. The van der Waals surface area contributed by atoms with Crippen molar-refractivity contribution in [2.24, 2.45) is 0 Å². The molecule has 0 spiro atoms. The third kappa shape index (κ3) is 2.68. The maximum Gasteiger partial charge on any atom is 0.223 e. The van der Waals surface area contributed by atoms with Crippen LogP contribution in [0, 0.1) is 16.7 Å². The molecule has 1 aromatic heterocycles. The first-order valence-electron chi connectivity index (χ1n) is 7.55. The van der Waals surface area contributed by atoms with E-state index in [1.807, 2.05) is 0 Å². The summed E-state index contributed by atoms with van der Waals surface area (Å²) in [7, 11) is 1.70. The molecule has 0 aliphatic carbocycles. The second-order valence-corrected chi connectivity index (χ2v) is 5.57. The lowest BCUT2D eigenvalue weighted by atomic mass is 10.0. The van der Waals surface area contributed by atoms with E-state index in [-0.39, 0.29) is 11.4 Å². The highest BCUT2D eigenvalue weighted by molar-refractivity contribution is 5.90. The van der Waals surface area contributed by atoms with Gasteiger partial charge in [0.1, 0.15) is 11.6 Å². The number of nitrogens with zero attached hydrogens (tertiary/aromatic N) is 4. The van der Waals surface area contributed by atoms with Gasteiger partial charge in [-0.15, -0.1) is 0 Å². The Morgan fingerprint density at radius 1 is 1.42 bits per heavy atom. The van der Waals surface area contributed by atoms with Crippen molar-refractivity contribution < 1.29 is 9.53 Å². The molecule has 1 aliphatic heterocycles. The highest BCUT2D eigenvalue weighted by Gasteiger charge is 2.19. The van der Waals surface area contributed by atoms with Crippen molar-refractivity contribution in [3.8, 4) is 11.8 Å².